The largest absolute Gasteiger partial charge is 0.353 e. The number of benzene rings is 2. The van der Waals surface area contributed by atoms with Crippen LogP contribution in [0.25, 0.3) is 10.1 Å². The lowest BCUT2D eigenvalue weighted by Crippen LogP contribution is -2.47. The molecule has 30 heavy (non-hydrogen) atoms. The van der Waals surface area contributed by atoms with Crippen molar-refractivity contribution in [1.82, 2.24) is 9.27 Å². The van der Waals surface area contributed by atoms with Gasteiger partial charge < -0.3 is 9.80 Å². The highest BCUT2D eigenvalue weighted by Crippen LogP contribution is 2.30. The molecular formula is C24H30N4OS. The highest BCUT2D eigenvalue weighted by molar-refractivity contribution is 7.13. The third-order valence-corrected chi connectivity index (χ3v) is 6.81. The average molecular weight is 423 g/mol. The van der Waals surface area contributed by atoms with Crippen LogP contribution < -0.4 is 9.80 Å². The summed E-state index contributed by atoms with van der Waals surface area (Å²) in [7, 11) is 0. The monoisotopic (exact) mass is 422 g/mol. The van der Waals surface area contributed by atoms with Crippen molar-refractivity contribution in [3.05, 3.63) is 53.6 Å². The van der Waals surface area contributed by atoms with Crippen molar-refractivity contribution in [3.63, 3.8) is 0 Å². The molecule has 1 aliphatic rings. The Morgan fingerprint density at radius 1 is 1.13 bits per heavy atom. The predicted octanol–water partition coefficient (Wildman–Crippen LogP) is 4.34. The van der Waals surface area contributed by atoms with Gasteiger partial charge in [-0.3, -0.25) is 9.69 Å². The topological polar surface area (TPSA) is 39.7 Å². The first kappa shape index (κ1) is 20.8. The fraction of sp³-hybridized carbons (Fsp3) is 0.417. The zero-order valence-electron chi connectivity index (χ0n) is 18.1. The molecule has 158 valence electrons. The van der Waals surface area contributed by atoms with Gasteiger partial charge in [0.25, 0.3) is 0 Å². The first-order chi connectivity index (χ1) is 14.6. The fourth-order valence-electron chi connectivity index (χ4n) is 4.31. The number of piperazine rings is 1. The summed E-state index contributed by atoms with van der Waals surface area (Å²) < 4.78 is 5.97. The molecule has 2 heterocycles. The SMILES string of the molecule is CCN(C(C)=O)c1ccc(CCN2CCN(c3nsc4ccccc34)CC2)cc1C. The number of carbonyl (C=O) groups excluding carboxylic acids is 1. The first-order valence-corrected chi connectivity index (χ1v) is 11.5. The minimum atomic E-state index is 0.0964. The van der Waals surface area contributed by atoms with Crippen molar-refractivity contribution in [2.24, 2.45) is 0 Å². The van der Waals surface area contributed by atoms with Crippen LogP contribution in [0.4, 0.5) is 11.5 Å². The maximum absolute atomic E-state index is 11.8. The molecule has 1 fully saturated rings. The van der Waals surface area contributed by atoms with Gasteiger partial charge in [-0.05, 0) is 61.1 Å². The van der Waals surface area contributed by atoms with E-state index in [1.165, 1.54) is 21.2 Å². The van der Waals surface area contributed by atoms with Crippen molar-refractivity contribution in [2.45, 2.75) is 27.2 Å². The van der Waals surface area contributed by atoms with Crippen LogP contribution in [0.1, 0.15) is 25.0 Å². The minimum absolute atomic E-state index is 0.0964. The molecule has 0 spiro atoms. The Kier molecular flexibility index (Phi) is 6.35. The van der Waals surface area contributed by atoms with Gasteiger partial charge in [0.1, 0.15) is 5.82 Å². The molecule has 3 aromatic rings. The van der Waals surface area contributed by atoms with Gasteiger partial charge in [0, 0.05) is 57.3 Å². The molecule has 0 unspecified atom stereocenters. The lowest BCUT2D eigenvalue weighted by Gasteiger charge is -2.35. The molecule has 5 nitrogen and oxygen atoms in total. The number of nitrogens with zero attached hydrogens (tertiary/aromatic N) is 4. The van der Waals surface area contributed by atoms with Crippen molar-refractivity contribution in [1.29, 1.82) is 0 Å². The molecule has 0 radical (unpaired) electrons. The van der Waals surface area contributed by atoms with E-state index in [-0.39, 0.29) is 5.91 Å². The molecule has 1 aliphatic heterocycles. The zero-order chi connectivity index (χ0) is 21.1. The van der Waals surface area contributed by atoms with E-state index in [1.54, 1.807) is 18.5 Å². The molecule has 2 aromatic carbocycles. The molecule has 0 aliphatic carbocycles. The van der Waals surface area contributed by atoms with E-state index in [9.17, 15) is 4.79 Å². The van der Waals surface area contributed by atoms with Gasteiger partial charge in [-0.1, -0.05) is 24.3 Å². The summed E-state index contributed by atoms with van der Waals surface area (Å²) in [5, 5.41) is 1.28. The van der Waals surface area contributed by atoms with Gasteiger partial charge in [0.05, 0.1) is 4.70 Å². The van der Waals surface area contributed by atoms with Crippen LogP contribution >= 0.6 is 11.5 Å². The number of fused-ring (bicyclic) bond motifs is 1. The van der Waals surface area contributed by atoms with Crippen molar-refractivity contribution in [3.8, 4) is 0 Å². The third-order valence-electron chi connectivity index (χ3n) is 6.00. The van der Waals surface area contributed by atoms with E-state index >= 15 is 0 Å². The molecule has 1 saturated heterocycles. The van der Waals surface area contributed by atoms with E-state index in [0.717, 1.165) is 50.6 Å². The average Bonchev–Trinajstić information content (AvgIpc) is 3.18. The Morgan fingerprint density at radius 3 is 2.60 bits per heavy atom. The zero-order valence-corrected chi connectivity index (χ0v) is 18.9. The number of aryl methyl sites for hydroxylation is 1. The Labute approximate surface area is 183 Å². The van der Waals surface area contributed by atoms with Crippen LogP contribution in [-0.4, -0.2) is 54.4 Å². The summed E-state index contributed by atoms with van der Waals surface area (Å²) in [6.45, 7) is 11.7. The van der Waals surface area contributed by atoms with Crippen molar-refractivity contribution in [2.75, 3.05) is 49.1 Å². The summed E-state index contributed by atoms with van der Waals surface area (Å²) in [6.07, 6.45) is 1.03. The second-order valence-corrected chi connectivity index (χ2v) is 8.77. The van der Waals surface area contributed by atoms with Crippen LogP contribution in [0.3, 0.4) is 0 Å². The minimum Gasteiger partial charge on any atom is -0.353 e. The highest BCUT2D eigenvalue weighted by Gasteiger charge is 2.20. The van der Waals surface area contributed by atoms with E-state index < -0.39 is 0 Å². The standard InChI is InChI=1S/C24H30N4OS/c1-4-28(19(3)29)22-10-9-20(17-18(22)2)11-12-26-13-15-27(16-14-26)24-21-7-5-6-8-23(21)30-25-24/h5-10,17H,4,11-16H2,1-3H3. The predicted molar refractivity (Wildman–Crippen MR) is 127 cm³/mol. The number of carbonyl (C=O) groups is 1. The smallest absolute Gasteiger partial charge is 0.223 e. The first-order valence-electron chi connectivity index (χ1n) is 10.8. The van der Waals surface area contributed by atoms with Gasteiger partial charge in [-0.25, -0.2) is 0 Å². The van der Waals surface area contributed by atoms with Crippen LogP contribution in [-0.2, 0) is 11.2 Å². The van der Waals surface area contributed by atoms with Gasteiger partial charge in [-0.2, -0.15) is 4.37 Å². The number of aromatic nitrogens is 1. The number of hydrogen-bond donors (Lipinski definition) is 0. The van der Waals surface area contributed by atoms with Gasteiger partial charge >= 0.3 is 0 Å². The molecule has 4 rings (SSSR count). The van der Waals surface area contributed by atoms with E-state index in [1.807, 2.05) is 11.8 Å². The molecule has 0 atom stereocenters. The summed E-state index contributed by atoms with van der Waals surface area (Å²) >= 11 is 1.59. The second-order valence-electron chi connectivity index (χ2n) is 7.97. The number of hydrogen-bond acceptors (Lipinski definition) is 5. The Bertz CT molecular complexity index is 1020. The van der Waals surface area contributed by atoms with Crippen molar-refractivity contribution < 1.29 is 4.79 Å². The van der Waals surface area contributed by atoms with Crippen LogP contribution in [0, 0.1) is 6.92 Å². The summed E-state index contributed by atoms with van der Waals surface area (Å²) in [6, 6.07) is 15.0. The summed E-state index contributed by atoms with van der Waals surface area (Å²) in [5.41, 5.74) is 3.53. The number of rotatable bonds is 6. The van der Waals surface area contributed by atoms with Crippen molar-refractivity contribution >= 4 is 39.0 Å². The quantitative estimate of drug-likeness (QED) is 0.592. The Morgan fingerprint density at radius 2 is 1.90 bits per heavy atom. The second kappa shape index (κ2) is 9.14. The van der Waals surface area contributed by atoms with E-state index in [4.69, 9.17) is 4.37 Å². The normalized spacial score (nSPS) is 15.0. The number of amides is 1. The maximum atomic E-state index is 11.8. The lowest BCUT2D eigenvalue weighted by atomic mass is 10.1. The maximum Gasteiger partial charge on any atom is 0.223 e. The highest BCUT2D eigenvalue weighted by atomic mass is 32.1. The van der Waals surface area contributed by atoms with Crippen LogP contribution in [0.2, 0.25) is 0 Å². The molecule has 1 amide bonds. The Hall–Kier alpha value is -2.44. The van der Waals surface area contributed by atoms with Crippen LogP contribution in [0.5, 0.6) is 0 Å². The summed E-state index contributed by atoms with van der Waals surface area (Å²) in [4.78, 5) is 18.6. The van der Waals surface area contributed by atoms with Gasteiger partial charge in [-0.15, -0.1) is 0 Å². The third kappa shape index (κ3) is 4.35. The molecule has 0 bridgehead atoms. The van der Waals surface area contributed by atoms with Gasteiger partial charge in [0.2, 0.25) is 5.91 Å². The summed E-state index contributed by atoms with van der Waals surface area (Å²) in [5.74, 6) is 1.24. The molecule has 0 saturated carbocycles. The van der Waals surface area contributed by atoms with E-state index in [0.29, 0.717) is 6.54 Å². The molecule has 6 heteroatoms. The Balaban J connectivity index is 1.33. The number of anilines is 2. The van der Waals surface area contributed by atoms with Gasteiger partial charge in [0.15, 0.2) is 0 Å². The fourth-order valence-corrected chi connectivity index (χ4v) is 5.11. The molecule has 1 aromatic heterocycles. The molecular weight excluding hydrogens is 392 g/mol. The molecule has 0 N–H and O–H groups in total. The van der Waals surface area contributed by atoms with Crippen LogP contribution in [0.15, 0.2) is 42.5 Å². The van der Waals surface area contributed by atoms with E-state index in [2.05, 4.69) is 59.2 Å². The lowest BCUT2D eigenvalue weighted by molar-refractivity contribution is -0.116.